The van der Waals surface area contributed by atoms with Crippen LogP contribution < -0.4 is 5.32 Å². The molecule has 4 heterocycles. The largest absolute Gasteiger partial charge is 0.410 e. The van der Waals surface area contributed by atoms with Crippen LogP contribution in [0.25, 0.3) is 0 Å². The zero-order valence-corrected chi connectivity index (χ0v) is 15.3. The van der Waals surface area contributed by atoms with E-state index in [1.54, 1.807) is 16.7 Å². The van der Waals surface area contributed by atoms with Gasteiger partial charge >= 0.3 is 6.18 Å². The molecule has 0 saturated carbocycles. The van der Waals surface area contributed by atoms with Crippen LogP contribution in [-0.4, -0.2) is 51.4 Å². The van der Waals surface area contributed by atoms with E-state index >= 15 is 0 Å². The minimum absolute atomic E-state index is 0.146. The predicted molar refractivity (Wildman–Crippen MR) is 95.8 cm³/mol. The van der Waals surface area contributed by atoms with Gasteiger partial charge < -0.3 is 10.2 Å². The highest BCUT2D eigenvalue weighted by Gasteiger charge is 2.47. The summed E-state index contributed by atoms with van der Waals surface area (Å²) in [6.07, 6.45) is -3.31. The Hall–Kier alpha value is -1.68. The monoisotopic (exact) mass is 402 g/mol. The minimum atomic E-state index is -4.43. The number of anilines is 1. The van der Waals surface area contributed by atoms with Crippen molar-refractivity contribution in [1.29, 1.82) is 0 Å². The fourth-order valence-electron chi connectivity index (χ4n) is 3.33. The summed E-state index contributed by atoms with van der Waals surface area (Å²) in [4.78, 5) is 15.3. The van der Waals surface area contributed by atoms with Gasteiger partial charge in [0, 0.05) is 35.9 Å². The quantitative estimate of drug-likeness (QED) is 0.830. The zero-order valence-electron chi connectivity index (χ0n) is 13.7. The summed E-state index contributed by atoms with van der Waals surface area (Å²) in [5, 5.41) is 8.89. The Balaban J connectivity index is 1.70. The normalized spacial score (nSPS) is 23.4. The number of carbonyl (C=O) groups is 1. The number of alkyl halides is 3. The molecule has 5 nitrogen and oxygen atoms in total. The number of nitrogens with zero attached hydrogens (tertiary/aromatic N) is 3. The molecule has 0 aliphatic carbocycles. The molecule has 0 spiro atoms. The average Bonchev–Trinajstić information content (AvgIpc) is 3.30. The molecule has 1 saturated heterocycles. The number of thiophene rings is 1. The van der Waals surface area contributed by atoms with Gasteiger partial charge in [-0.3, -0.25) is 4.79 Å². The molecule has 140 valence electrons. The summed E-state index contributed by atoms with van der Waals surface area (Å²) in [7, 11) is 0. The third kappa shape index (κ3) is 3.20. The van der Waals surface area contributed by atoms with Crippen molar-refractivity contribution >= 4 is 34.8 Å². The molecule has 1 amide bonds. The van der Waals surface area contributed by atoms with E-state index < -0.39 is 18.3 Å². The molecule has 2 aromatic rings. The first-order valence-electron chi connectivity index (χ1n) is 8.26. The lowest BCUT2D eigenvalue weighted by Crippen LogP contribution is -2.39. The number of amides is 1. The Morgan fingerprint density at radius 3 is 2.73 bits per heavy atom. The van der Waals surface area contributed by atoms with Gasteiger partial charge in [-0.1, -0.05) is 6.07 Å². The van der Waals surface area contributed by atoms with Gasteiger partial charge in [-0.15, -0.1) is 11.3 Å². The lowest BCUT2D eigenvalue weighted by molar-refractivity contribution is -0.173. The third-order valence-corrected chi connectivity index (χ3v) is 6.58. The third-order valence-electron chi connectivity index (χ3n) is 4.65. The average molecular weight is 402 g/mol. The lowest BCUT2D eigenvalue weighted by Gasteiger charge is -2.34. The summed E-state index contributed by atoms with van der Waals surface area (Å²) in [5.74, 6) is 1.59. The summed E-state index contributed by atoms with van der Waals surface area (Å²) >= 11 is 3.17. The van der Waals surface area contributed by atoms with E-state index in [1.165, 1.54) is 17.5 Å². The van der Waals surface area contributed by atoms with Gasteiger partial charge in [0.15, 0.2) is 6.04 Å². The van der Waals surface area contributed by atoms with Crippen LogP contribution in [0.4, 0.5) is 19.0 Å². The van der Waals surface area contributed by atoms with Crippen LogP contribution >= 0.6 is 23.1 Å². The van der Waals surface area contributed by atoms with E-state index in [0.717, 1.165) is 21.1 Å². The van der Waals surface area contributed by atoms with Crippen molar-refractivity contribution in [3.8, 4) is 0 Å². The zero-order chi connectivity index (χ0) is 18.3. The Morgan fingerprint density at radius 2 is 2.08 bits per heavy atom. The molecule has 1 N–H and O–H groups in total. The van der Waals surface area contributed by atoms with E-state index in [0.29, 0.717) is 13.1 Å². The second-order valence-electron chi connectivity index (χ2n) is 6.26. The van der Waals surface area contributed by atoms with Gasteiger partial charge in [0.2, 0.25) is 0 Å². The van der Waals surface area contributed by atoms with Crippen molar-refractivity contribution in [2.24, 2.45) is 0 Å². The summed E-state index contributed by atoms with van der Waals surface area (Å²) < 4.78 is 41.8. The molecule has 26 heavy (non-hydrogen) atoms. The lowest BCUT2D eigenvalue weighted by atomic mass is 10.0. The second-order valence-corrected chi connectivity index (χ2v) is 8.47. The molecule has 2 aromatic heterocycles. The molecule has 0 unspecified atom stereocenters. The number of carbonyl (C=O) groups excluding carboxylic acids is 1. The van der Waals surface area contributed by atoms with E-state index in [-0.39, 0.29) is 23.7 Å². The van der Waals surface area contributed by atoms with Crippen LogP contribution in [0, 0.1) is 0 Å². The molecule has 0 aromatic carbocycles. The van der Waals surface area contributed by atoms with E-state index in [9.17, 15) is 18.0 Å². The van der Waals surface area contributed by atoms with Gasteiger partial charge in [0.05, 0.1) is 12.2 Å². The number of rotatable bonds is 2. The molecule has 0 radical (unpaired) electrons. The first-order chi connectivity index (χ1) is 12.4. The molecule has 0 bridgehead atoms. The molecule has 10 heteroatoms. The number of nitrogens with one attached hydrogen (secondary N) is 1. The molecule has 2 aliphatic heterocycles. The first-order valence-corrected chi connectivity index (χ1v) is 10.3. The second kappa shape index (κ2) is 6.80. The summed E-state index contributed by atoms with van der Waals surface area (Å²) in [5.41, 5.74) is 0.215. The van der Waals surface area contributed by atoms with E-state index in [4.69, 9.17) is 0 Å². The fourth-order valence-corrected chi connectivity index (χ4v) is 5.03. The van der Waals surface area contributed by atoms with E-state index in [2.05, 4.69) is 10.4 Å². The van der Waals surface area contributed by atoms with Crippen LogP contribution in [0.3, 0.4) is 0 Å². The summed E-state index contributed by atoms with van der Waals surface area (Å²) in [6.45, 7) is 1.20. The SMILES string of the molecule is O=C(c1cnn2c1N[C@H](c1cccs1)C[C@H]2C(F)(F)F)N1CCSCC1. The van der Waals surface area contributed by atoms with Crippen molar-refractivity contribution in [1.82, 2.24) is 14.7 Å². The first kappa shape index (κ1) is 17.7. The fraction of sp³-hybridized carbons (Fsp3) is 0.500. The molecule has 2 aliphatic rings. The van der Waals surface area contributed by atoms with Gasteiger partial charge in [0.1, 0.15) is 11.4 Å². The van der Waals surface area contributed by atoms with Crippen LogP contribution in [-0.2, 0) is 0 Å². The van der Waals surface area contributed by atoms with Crippen molar-refractivity contribution in [2.45, 2.75) is 24.7 Å². The Kier molecular flexibility index (Phi) is 4.64. The number of halogens is 3. The number of thioether (sulfide) groups is 1. The van der Waals surface area contributed by atoms with E-state index in [1.807, 2.05) is 17.5 Å². The Labute approximate surface area is 156 Å². The smallest absolute Gasteiger partial charge is 0.362 e. The highest BCUT2D eigenvalue weighted by atomic mass is 32.2. The maximum Gasteiger partial charge on any atom is 0.410 e. The number of hydrogen-bond acceptors (Lipinski definition) is 5. The predicted octanol–water partition coefficient (Wildman–Crippen LogP) is 3.79. The van der Waals surface area contributed by atoms with Crippen LogP contribution in [0.5, 0.6) is 0 Å². The minimum Gasteiger partial charge on any atom is -0.362 e. The Bertz CT molecular complexity index is 784. The highest BCUT2D eigenvalue weighted by molar-refractivity contribution is 7.99. The molecule has 2 atom stereocenters. The standard InChI is InChI=1S/C16H17F3N4OS2/c17-16(18,19)13-8-11(12-2-1-5-26-12)21-14-10(9-20-23(13)14)15(24)22-3-6-25-7-4-22/h1-2,5,9,11,13,21H,3-4,6-8H2/t11-,13-/m0/s1. The molecular weight excluding hydrogens is 385 g/mol. The Morgan fingerprint density at radius 1 is 1.31 bits per heavy atom. The van der Waals surface area contributed by atoms with Gasteiger partial charge in [-0.2, -0.15) is 30.0 Å². The van der Waals surface area contributed by atoms with Crippen molar-refractivity contribution < 1.29 is 18.0 Å². The van der Waals surface area contributed by atoms with Crippen LogP contribution in [0.1, 0.15) is 33.7 Å². The van der Waals surface area contributed by atoms with Crippen molar-refractivity contribution in [3.05, 3.63) is 34.2 Å². The van der Waals surface area contributed by atoms with Gasteiger partial charge in [-0.25, -0.2) is 4.68 Å². The molecule has 1 fully saturated rings. The maximum atomic E-state index is 13.6. The van der Waals surface area contributed by atoms with Crippen molar-refractivity contribution in [2.75, 3.05) is 29.9 Å². The van der Waals surface area contributed by atoms with Crippen LogP contribution in [0.2, 0.25) is 0 Å². The van der Waals surface area contributed by atoms with Crippen molar-refractivity contribution in [3.63, 3.8) is 0 Å². The summed E-state index contributed by atoms with van der Waals surface area (Å²) in [6, 6.07) is 1.39. The molecular formula is C16H17F3N4OS2. The van der Waals surface area contributed by atoms with Gasteiger partial charge in [-0.05, 0) is 11.4 Å². The highest BCUT2D eigenvalue weighted by Crippen LogP contribution is 2.45. The van der Waals surface area contributed by atoms with Crippen LogP contribution in [0.15, 0.2) is 23.7 Å². The molecule has 4 rings (SSSR count). The topological polar surface area (TPSA) is 50.2 Å². The number of fused-ring (bicyclic) bond motifs is 1. The maximum absolute atomic E-state index is 13.6. The number of hydrogen-bond donors (Lipinski definition) is 1. The van der Waals surface area contributed by atoms with Gasteiger partial charge in [0.25, 0.3) is 5.91 Å². The number of aromatic nitrogens is 2.